The number of nitrogens with zero attached hydrogens (tertiary/aromatic N) is 2. The lowest BCUT2D eigenvalue weighted by atomic mass is 9.92. The highest BCUT2D eigenvalue weighted by atomic mass is 16.5. The molecule has 1 heterocycles. The fraction of sp³-hybridized carbons (Fsp3) is 0.421. The van der Waals surface area contributed by atoms with Crippen molar-refractivity contribution in [2.45, 2.75) is 33.2 Å². The highest BCUT2D eigenvalue weighted by Crippen LogP contribution is 2.17. The molecule has 25 heavy (non-hydrogen) atoms. The highest BCUT2D eigenvalue weighted by Gasteiger charge is 2.29. The smallest absolute Gasteiger partial charge is 0.311 e. The van der Waals surface area contributed by atoms with E-state index in [-0.39, 0.29) is 17.9 Å². The number of hydrogen-bond acceptors (Lipinski definition) is 4. The Morgan fingerprint density at radius 3 is 2.40 bits per heavy atom. The Morgan fingerprint density at radius 2 is 1.88 bits per heavy atom. The van der Waals surface area contributed by atoms with Crippen LogP contribution in [0.3, 0.4) is 0 Å². The van der Waals surface area contributed by atoms with E-state index in [2.05, 4.69) is 10.4 Å². The average molecular weight is 343 g/mol. The molecule has 2 rings (SSSR count). The number of ether oxygens (including phenoxy) is 1. The van der Waals surface area contributed by atoms with Crippen molar-refractivity contribution in [3.8, 4) is 0 Å². The number of carbonyl (C=O) groups excluding carboxylic acids is 2. The topological polar surface area (TPSA) is 73.2 Å². The Bertz CT molecular complexity index is 753. The Kier molecular flexibility index (Phi) is 5.96. The van der Waals surface area contributed by atoms with Gasteiger partial charge < -0.3 is 10.1 Å². The monoisotopic (exact) mass is 343 g/mol. The van der Waals surface area contributed by atoms with Crippen molar-refractivity contribution in [1.29, 1.82) is 0 Å². The van der Waals surface area contributed by atoms with Crippen LogP contribution in [0.1, 0.15) is 34.2 Å². The van der Waals surface area contributed by atoms with Crippen molar-refractivity contribution in [2.75, 3.05) is 7.11 Å². The lowest BCUT2D eigenvalue weighted by Gasteiger charge is -2.23. The molecular weight excluding hydrogens is 318 g/mol. The molecule has 0 bridgehead atoms. The van der Waals surface area contributed by atoms with Crippen LogP contribution < -0.4 is 5.32 Å². The van der Waals surface area contributed by atoms with E-state index in [0.717, 1.165) is 11.3 Å². The molecule has 2 atom stereocenters. The Hall–Kier alpha value is -2.63. The third kappa shape index (κ3) is 4.26. The van der Waals surface area contributed by atoms with Gasteiger partial charge >= 0.3 is 5.97 Å². The van der Waals surface area contributed by atoms with Gasteiger partial charge in [0.15, 0.2) is 0 Å². The molecule has 6 heteroatoms. The lowest BCUT2D eigenvalue weighted by Crippen LogP contribution is -2.43. The molecule has 1 aromatic carbocycles. The molecule has 1 N–H and O–H groups in total. The predicted octanol–water partition coefficient (Wildman–Crippen LogP) is 2.19. The van der Waals surface area contributed by atoms with Crippen molar-refractivity contribution in [2.24, 2.45) is 13.0 Å². The van der Waals surface area contributed by atoms with E-state index < -0.39 is 5.92 Å². The van der Waals surface area contributed by atoms with Crippen molar-refractivity contribution in [1.82, 2.24) is 15.1 Å². The molecule has 0 fully saturated rings. The van der Waals surface area contributed by atoms with Crippen LogP contribution in [0.15, 0.2) is 30.3 Å². The zero-order chi connectivity index (χ0) is 18.6. The van der Waals surface area contributed by atoms with E-state index in [0.29, 0.717) is 17.7 Å². The van der Waals surface area contributed by atoms with Crippen LogP contribution in [0.25, 0.3) is 0 Å². The summed E-state index contributed by atoms with van der Waals surface area (Å²) in [5.74, 6) is -1.03. The van der Waals surface area contributed by atoms with Gasteiger partial charge in [0, 0.05) is 18.8 Å². The molecule has 0 aliphatic carbocycles. The number of carbonyl (C=O) groups is 2. The Balaban J connectivity index is 2.17. The minimum Gasteiger partial charge on any atom is -0.469 e. The van der Waals surface area contributed by atoms with E-state index in [9.17, 15) is 9.59 Å². The van der Waals surface area contributed by atoms with Crippen LogP contribution in [0, 0.1) is 19.8 Å². The zero-order valence-corrected chi connectivity index (χ0v) is 15.4. The number of nitrogens with one attached hydrogen (secondary N) is 1. The zero-order valence-electron chi connectivity index (χ0n) is 15.4. The minimum atomic E-state index is -0.464. The fourth-order valence-electron chi connectivity index (χ4n) is 2.97. The molecule has 6 nitrogen and oxygen atoms in total. The van der Waals surface area contributed by atoms with Gasteiger partial charge in [0.25, 0.3) is 5.91 Å². The number of amides is 1. The van der Waals surface area contributed by atoms with Crippen molar-refractivity contribution < 1.29 is 14.3 Å². The average Bonchev–Trinajstić information content (AvgIpc) is 2.85. The Labute approximate surface area is 148 Å². The van der Waals surface area contributed by atoms with Gasteiger partial charge in [-0.15, -0.1) is 0 Å². The summed E-state index contributed by atoms with van der Waals surface area (Å²) in [5, 5.41) is 7.20. The van der Waals surface area contributed by atoms with Crippen LogP contribution in [0.5, 0.6) is 0 Å². The van der Waals surface area contributed by atoms with E-state index in [4.69, 9.17) is 4.74 Å². The number of methoxy groups -OCH3 is 1. The second kappa shape index (κ2) is 7.96. The standard InChI is InChI=1S/C19H25N3O3/c1-12(20-18(23)17-13(2)21-22(4)14(17)3)16(19(24)25-5)11-15-9-7-6-8-10-15/h6-10,12,16H,11H2,1-5H3,(H,20,23). The van der Waals surface area contributed by atoms with Gasteiger partial charge in [0.1, 0.15) is 0 Å². The summed E-state index contributed by atoms with van der Waals surface area (Å²) in [6.07, 6.45) is 0.500. The summed E-state index contributed by atoms with van der Waals surface area (Å²) in [6, 6.07) is 9.32. The third-order valence-electron chi connectivity index (χ3n) is 4.50. The van der Waals surface area contributed by atoms with Gasteiger partial charge in [-0.25, -0.2) is 0 Å². The van der Waals surface area contributed by atoms with Crippen molar-refractivity contribution in [3.63, 3.8) is 0 Å². The van der Waals surface area contributed by atoms with E-state index >= 15 is 0 Å². The van der Waals surface area contributed by atoms with E-state index in [1.165, 1.54) is 7.11 Å². The molecule has 0 aliphatic heterocycles. The summed E-state index contributed by atoms with van der Waals surface area (Å²) < 4.78 is 6.62. The number of esters is 1. The predicted molar refractivity (Wildman–Crippen MR) is 95.3 cm³/mol. The molecule has 2 aromatic rings. The first kappa shape index (κ1) is 18.7. The molecule has 134 valence electrons. The molecule has 0 spiro atoms. The summed E-state index contributed by atoms with van der Waals surface area (Å²) in [4.78, 5) is 24.9. The van der Waals surface area contributed by atoms with E-state index in [1.54, 1.807) is 18.7 Å². The normalized spacial score (nSPS) is 13.2. The maximum Gasteiger partial charge on any atom is 0.311 e. The SMILES string of the molecule is COC(=O)C(Cc1ccccc1)C(C)NC(=O)c1c(C)nn(C)c1C. The highest BCUT2D eigenvalue weighted by molar-refractivity contribution is 5.96. The lowest BCUT2D eigenvalue weighted by molar-refractivity contribution is -0.146. The first-order chi connectivity index (χ1) is 11.8. The molecule has 0 saturated carbocycles. The van der Waals surface area contributed by atoms with Gasteiger partial charge in [-0.3, -0.25) is 14.3 Å². The van der Waals surface area contributed by atoms with Crippen LogP contribution in [-0.4, -0.2) is 34.8 Å². The largest absolute Gasteiger partial charge is 0.469 e. The molecule has 2 unspecified atom stereocenters. The van der Waals surface area contributed by atoms with Crippen molar-refractivity contribution in [3.05, 3.63) is 52.8 Å². The summed E-state index contributed by atoms with van der Waals surface area (Å²) in [7, 11) is 3.17. The quantitative estimate of drug-likeness (QED) is 0.816. The van der Waals surface area contributed by atoms with Crippen LogP contribution >= 0.6 is 0 Å². The van der Waals surface area contributed by atoms with Gasteiger partial charge in [0.05, 0.1) is 24.3 Å². The summed E-state index contributed by atoms with van der Waals surface area (Å²) >= 11 is 0. The second-order valence-corrected chi connectivity index (χ2v) is 6.25. The molecular formula is C19H25N3O3. The van der Waals surface area contributed by atoms with Gasteiger partial charge in [-0.05, 0) is 32.8 Å². The minimum absolute atomic E-state index is 0.224. The Morgan fingerprint density at radius 1 is 1.24 bits per heavy atom. The number of aromatic nitrogens is 2. The molecule has 0 saturated heterocycles. The molecule has 1 amide bonds. The summed E-state index contributed by atoms with van der Waals surface area (Å²) in [6.45, 7) is 5.47. The molecule has 1 aromatic heterocycles. The van der Waals surface area contributed by atoms with Crippen LogP contribution in [0.4, 0.5) is 0 Å². The number of rotatable bonds is 6. The number of benzene rings is 1. The van der Waals surface area contributed by atoms with E-state index in [1.807, 2.05) is 44.2 Å². The van der Waals surface area contributed by atoms with Gasteiger partial charge in [0.2, 0.25) is 0 Å². The van der Waals surface area contributed by atoms with Crippen molar-refractivity contribution >= 4 is 11.9 Å². The van der Waals surface area contributed by atoms with Gasteiger partial charge in [-0.1, -0.05) is 30.3 Å². The maximum absolute atomic E-state index is 12.7. The van der Waals surface area contributed by atoms with Crippen LogP contribution in [0.2, 0.25) is 0 Å². The fourth-order valence-corrected chi connectivity index (χ4v) is 2.97. The first-order valence-electron chi connectivity index (χ1n) is 8.28. The number of hydrogen-bond donors (Lipinski definition) is 1. The van der Waals surface area contributed by atoms with Crippen LogP contribution in [-0.2, 0) is 23.0 Å². The third-order valence-corrected chi connectivity index (χ3v) is 4.50. The first-order valence-corrected chi connectivity index (χ1v) is 8.28. The molecule has 0 aliphatic rings. The maximum atomic E-state index is 12.7. The molecule has 0 radical (unpaired) electrons. The second-order valence-electron chi connectivity index (χ2n) is 6.25. The van der Waals surface area contributed by atoms with Gasteiger partial charge in [-0.2, -0.15) is 5.10 Å². The number of aryl methyl sites for hydroxylation is 2. The summed E-state index contributed by atoms with van der Waals surface area (Å²) in [5.41, 5.74) is 3.03.